The summed E-state index contributed by atoms with van der Waals surface area (Å²) in [5, 5.41) is -0.202. The highest BCUT2D eigenvalue weighted by Gasteiger charge is 2.54. The highest BCUT2D eigenvalue weighted by Crippen LogP contribution is 2.60. The third-order valence-electron chi connectivity index (χ3n) is 9.12. The Kier molecular flexibility index (Phi) is 9.22. The normalized spacial score (nSPS) is 32.8. The summed E-state index contributed by atoms with van der Waals surface area (Å²) in [4.78, 5) is 25.7. The monoisotopic (exact) mass is 447 g/mol. The van der Waals surface area contributed by atoms with Gasteiger partial charge in [0.1, 0.15) is 11.6 Å². The van der Waals surface area contributed by atoms with Crippen LogP contribution >= 0.6 is 0 Å². The van der Waals surface area contributed by atoms with Gasteiger partial charge in [-0.1, -0.05) is 81.1 Å². The van der Waals surface area contributed by atoms with Crippen LogP contribution in [0.1, 0.15) is 108 Å². The van der Waals surface area contributed by atoms with Crippen molar-refractivity contribution in [3.8, 4) is 0 Å². The van der Waals surface area contributed by atoms with Gasteiger partial charge < -0.3 is 0 Å². The quantitative estimate of drug-likeness (QED) is 0.279. The van der Waals surface area contributed by atoms with Crippen LogP contribution in [-0.2, 0) is 9.59 Å². The van der Waals surface area contributed by atoms with Crippen molar-refractivity contribution in [3.63, 3.8) is 0 Å². The average Bonchev–Trinajstić information content (AvgIpc) is 2.60. The number of ketones is 2. The van der Waals surface area contributed by atoms with Gasteiger partial charge in [0.2, 0.25) is 0 Å². The Morgan fingerprint density at radius 3 is 1.39 bits per heavy atom. The van der Waals surface area contributed by atoms with Gasteiger partial charge >= 0.3 is 0 Å². The van der Waals surface area contributed by atoms with Crippen LogP contribution in [0.15, 0.2) is 0 Å². The van der Waals surface area contributed by atoms with E-state index in [1.807, 2.05) is 0 Å². The van der Waals surface area contributed by atoms with Crippen molar-refractivity contribution in [3.05, 3.63) is 0 Å². The van der Waals surface area contributed by atoms with Crippen molar-refractivity contribution in [1.82, 2.24) is 0 Å². The summed E-state index contributed by atoms with van der Waals surface area (Å²) in [5.41, 5.74) is 1.42. The molecule has 2 fully saturated rings. The van der Waals surface area contributed by atoms with E-state index >= 15 is 0 Å². The van der Waals surface area contributed by atoms with Gasteiger partial charge in [-0.25, -0.2) is 0 Å². The van der Waals surface area contributed by atoms with Crippen LogP contribution in [0.2, 0.25) is 16.1 Å². The summed E-state index contributed by atoms with van der Waals surface area (Å²) in [7, 11) is -1.00. The Hall–Kier alpha value is -0.443. The van der Waals surface area contributed by atoms with Crippen LogP contribution in [-0.4, -0.2) is 20.4 Å². The van der Waals surface area contributed by atoms with Crippen molar-refractivity contribution < 1.29 is 9.59 Å². The third-order valence-corrected chi connectivity index (χ3v) is 13.8. The molecule has 2 nitrogen and oxygen atoms in total. The smallest absolute Gasteiger partial charge is 0.140 e. The molecule has 3 heteroatoms. The van der Waals surface area contributed by atoms with E-state index in [4.69, 9.17) is 0 Å². The zero-order valence-corrected chi connectivity index (χ0v) is 23.3. The van der Waals surface area contributed by atoms with Gasteiger partial charge in [0.25, 0.3) is 0 Å². The van der Waals surface area contributed by atoms with E-state index in [2.05, 4.69) is 55.4 Å². The number of Topliss-reactive ketones (excluding diaryl/α,β-unsaturated/α-hetero) is 2. The lowest BCUT2D eigenvalue weighted by molar-refractivity contribution is -0.131. The highest BCUT2D eigenvalue weighted by molar-refractivity contribution is 6.66. The molecule has 31 heavy (non-hydrogen) atoms. The molecule has 2 saturated carbocycles. The van der Waals surface area contributed by atoms with Gasteiger partial charge in [-0.3, -0.25) is 9.59 Å². The zero-order valence-electron chi connectivity index (χ0n) is 22.3. The minimum Gasteiger partial charge on any atom is -0.299 e. The summed E-state index contributed by atoms with van der Waals surface area (Å²) in [6.07, 6.45) is 7.94. The molecule has 0 amide bonds. The van der Waals surface area contributed by atoms with E-state index in [1.54, 1.807) is 13.8 Å². The first-order valence-corrected chi connectivity index (χ1v) is 14.8. The van der Waals surface area contributed by atoms with E-state index in [0.717, 1.165) is 23.7 Å². The fourth-order valence-electron chi connectivity index (χ4n) is 7.82. The summed E-state index contributed by atoms with van der Waals surface area (Å²) in [5.74, 6) is 4.13. The topological polar surface area (TPSA) is 34.1 Å². The van der Waals surface area contributed by atoms with Gasteiger partial charge in [-0.15, -0.1) is 0 Å². The van der Waals surface area contributed by atoms with Crippen molar-refractivity contribution in [2.24, 2.45) is 41.4 Å². The van der Waals surface area contributed by atoms with Crippen LogP contribution in [0.5, 0.6) is 0 Å². The Morgan fingerprint density at radius 1 is 0.742 bits per heavy atom. The number of carbonyl (C=O) groups is 2. The molecule has 0 aromatic rings. The fraction of sp³-hybridized carbons (Fsp3) is 0.929. The lowest BCUT2D eigenvalue weighted by Gasteiger charge is -2.54. The van der Waals surface area contributed by atoms with Crippen LogP contribution in [0.25, 0.3) is 0 Å². The third kappa shape index (κ3) is 5.92. The van der Waals surface area contributed by atoms with Crippen LogP contribution < -0.4 is 0 Å². The maximum absolute atomic E-state index is 12.9. The predicted molar refractivity (Wildman–Crippen MR) is 135 cm³/mol. The SMILES string of the molecule is CC(=O)C(C(C)=O)C(C)(C)[Si](C1CC(C)CCC1C(C)C)C1CC(C)CCC1C(C)C. The van der Waals surface area contributed by atoms with Gasteiger partial charge in [0.05, 0.1) is 14.7 Å². The summed E-state index contributed by atoms with van der Waals surface area (Å²) >= 11 is 0. The number of rotatable bonds is 8. The summed E-state index contributed by atoms with van der Waals surface area (Å²) in [6, 6.07) is 0. The van der Waals surface area contributed by atoms with Crippen molar-refractivity contribution in [2.75, 3.05) is 0 Å². The Balaban J connectivity index is 2.65. The van der Waals surface area contributed by atoms with Gasteiger partial charge in [0.15, 0.2) is 0 Å². The second-order valence-corrected chi connectivity index (χ2v) is 16.4. The fourth-order valence-corrected chi connectivity index (χ4v) is 14.4. The van der Waals surface area contributed by atoms with Gasteiger partial charge in [0, 0.05) is 0 Å². The lowest BCUT2D eigenvalue weighted by atomic mass is 9.76. The molecule has 0 spiro atoms. The molecule has 2 aliphatic rings. The molecule has 1 radical (unpaired) electrons. The average molecular weight is 448 g/mol. The second kappa shape index (κ2) is 10.7. The number of carbonyl (C=O) groups excluding carboxylic acids is 2. The van der Waals surface area contributed by atoms with Crippen LogP contribution in [0.4, 0.5) is 0 Å². The zero-order chi connectivity index (χ0) is 23.7. The van der Waals surface area contributed by atoms with Crippen molar-refractivity contribution in [1.29, 1.82) is 0 Å². The highest BCUT2D eigenvalue weighted by atomic mass is 28.3. The molecule has 0 bridgehead atoms. The molecular weight excluding hydrogens is 396 g/mol. The molecule has 6 atom stereocenters. The molecule has 0 aromatic heterocycles. The number of hydrogen-bond acceptors (Lipinski definition) is 2. The molecule has 179 valence electrons. The Labute approximate surface area is 195 Å². The van der Waals surface area contributed by atoms with Gasteiger partial charge in [-0.05, 0) is 78.3 Å². The maximum atomic E-state index is 12.9. The molecule has 0 aliphatic heterocycles. The summed E-state index contributed by atoms with van der Waals surface area (Å²) < 4.78 is 0. The number of hydrogen-bond donors (Lipinski definition) is 0. The first-order valence-electron chi connectivity index (χ1n) is 13.2. The minimum absolute atomic E-state index is 0.0925. The molecule has 0 heterocycles. The van der Waals surface area contributed by atoms with E-state index < -0.39 is 14.7 Å². The molecule has 6 unspecified atom stereocenters. The van der Waals surface area contributed by atoms with Crippen LogP contribution in [0, 0.1) is 41.4 Å². The van der Waals surface area contributed by atoms with E-state index in [0.29, 0.717) is 22.9 Å². The van der Waals surface area contributed by atoms with E-state index in [1.165, 1.54) is 38.5 Å². The molecule has 2 rings (SSSR count). The Morgan fingerprint density at radius 2 is 1.10 bits per heavy atom. The summed E-state index contributed by atoms with van der Waals surface area (Å²) in [6.45, 7) is 22.5. The second-order valence-electron chi connectivity index (χ2n) is 12.7. The Bertz CT molecular complexity index is 577. The van der Waals surface area contributed by atoms with Gasteiger partial charge in [-0.2, -0.15) is 0 Å². The molecular formula is C28H51O2Si. The van der Waals surface area contributed by atoms with Crippen molar-refractivity contribution in [2.45, 2.75) is 124 Å². The lowest BCUT2D eigenvalue weighted by Crippen LogP contribution is -2.52. The minimum atomic E-state index is -1.00. The predicted octanol–water partition coefficient (Wildman–Crippen LogP) is 7.98. The largest absolute Gasteiger partial charge is 0.299 e. The van der Waals surface area contributed by atoms with Crippen molar-refractivity contribution >= 4 is 20.4 Å². The molecule has 0 N–H and O–H groups in total. The maximum Gasteiger partial charge on any atom is 0.140 e. The first-order chi connectivity index (χ1) is 14.3. The first kappa shape index (κ1) is 26.8. The molecule has 2 aliphatic carbocycles. The van der Waals surface area contributed by atoms with E-state index in [9.17, 15) is 9.59 Å². The molecule has 0 aromatic carbocycles. The molecule has 0 saturated heterocycles. The van der Waals surface area contributed by atoms with Crippen LogP contribution in [0.3, 0.4) is 0 Å². The standard InChI is InChI=1S/C28H51O2Si/c1-17(2)23-13-11-19(5)15-25(23)31(28(9,10)27(21(7)29)22(8)30)26-16-20(6)12-14-24(26)18(3)4/h17-20,23-27H,11-16H2,1-10H3. The van der Waals surface area contributed by atoms with E-state index in [-0.39, 0.29) is 16.6 Å².